The minimum Gasteiger partial charge on any atom is -0.449 e. The quantitative estimate of drug-likeness (QED) is 0.350. The summed E-state index contributed by atoms with van der Waals surface area (Å²) >= 11 is 5.84. The Labute approximate surface area is 221 Å². The van der Waals surface area contributed by atoms with Gasteiger partial charge in [-0.2, -0.15) is 26.3 Å². The fraction of sp³-hybridized carbons (Fsp3) is 0.250. The normalized spacial score (nSPS) is 13.0. The summed E-state index contributed by atoms with van der Waals surface area (Å²) in [7, 11) is 0. The number of nitrogens with zero attached hydrogens (tertiary/aromatic N) is 3. The number of primary amides is 1. The molecule has 15 heteroatoms. The molecule has 0 spiro atoms. The van der Waals surface area contributed by atoms with Gasteiger partial charge in [0.2, 0.25) is 0 Å². The Morgan fingerprint density at radius 2 is 1.74 bits per heavy atom. The average molecular weight is 577 g/mol. The van der Waals surface area contributed by atoms with Gasteiger partial charge in [0, 0.05) is 35.2 Å². The first-order valence-corrected chi connectivity index (χ1v) is 11.3. The molecule has 1 atom stereocenters. The number of rotatable bonds is 9. The molecule has 208 valence electrons. The molecule has 1 heterocycles. The predicted octanol–water partition coefficient (Wildman–Crippen LogP) is 5.26. The predicted molar refractivity (Wildman–Crippen MR) is 128 cm³/mol. The van der Waals surface area contributed by atoms with E-state index in [9.17, 15) is 40.7 Å². The second kappa shape index (κ2) is 11.8. The largest absolute Gasteiger partial charge is 0.449 e. The first-order chi connectivity index (χ1) is 18.1. The van der Waals surface area contributed by atoms with E-state index < -0.39 is 61.0 Å². The molecular weight excluding hydrogens is 558 g/mol. The Morgan fingerprint density at radius 3 is 2.33 bits per heavy atom. The van der Waals surface area contributed by atoms with Gasteiger partial charge in [0.1, 0.15) is 13.2 Å². The molecule has 0 aliphatic rings. The first kappa shape index (κ1) is 29.5. The summed E-state index contributed by atoms with van der Waals surface area (Å²) in [6.07, 6.45) is -10.9. The summed E-state index contributed by atoms with van der Waals surface area (Å²) in [6, 6.07) is 9.64. The minimum absolute atomic E-state index is 0.00673. The lowest BCUT2D eigenvalue weighted by molar-refractivity contribution is -0.137. The van der Waals surface area contributed by atoms with Crippen molar-refractivity contribution < 1.29 is 40.7 Å². The molecule has 8 nitrogen and oxygen atoms in total. The van der Waals surface area contributed by atoms with Crippen LogP contribution in [0.15, 0.2) is 59.4 Å². The Bertz CT molecular complexity index is 1430. The highest BCUT2D eigenvalue weighted by Gasteiger charge is 2.31. The van der Waals surface area contributed by atoms with E-state index in [2.05, 4.69) is 5.10 Å². The van der Waals surface area contributed by atoms with Crippen LogP contribution in [0.5, 0.6) is 0 Å². The number of carbonyl (C=O) groups is 2. The minimum atomic E-state index is -4.76. The van der Waals surface area contributed by atoms with Crippen molar-refractivity contribution in [3.8, 4) is 11.4 Å². The van der Waals surface area contributed by atoms with Crippen molar-refractivity contribution in [3.63, 3.8) is 0 Å². The second-order valence-corrected chi connectivity index (χ2v) is 8.63. The van der Waals surface area contributed by atoms with Crippen molar-refractivity contribution in [1.29, 1.82) is 0 Å². The standard InChI is InChI=1S/C24H19ClF6N4O4/c25-18-6-4-14(5-7-18)20-33-35(22(38)34(20)9-8-23(26,27)28)12-19(36)11-16(13-39-21(32)37)15-2-1-3-17(10-15)24(29,30)31/h1-10,16H,11-13H2,(H2,32,37)/b9-8+. The summed E-state index contributed by atoms with van der Waals surface area (Å²) < 4.78 is 83.8. The molecule has 3 aromatic rings. The van der Waals surface area contributed by atoms with Crippen molar-refractivity contribution in [2.75, 3.05) is 6.61 Å². The number of hydrogen-bond donors (Lipinski definition) is 1. The molecular formula is C24H19ClF6N4O4. The van der Waals surface area contributed by atoms with Crippen LogP contribution in [0, 0.1) is 0 Å². The number of ether oxygens (including phenoxy) is 1. The van der Waals surface area contributed by atoms with Gasteiger partial charge in [-0.15, -0.1) is 5.10 Å². The zero-order chi connectivity index (χ0) is 29.0. The number of Topliss-reactive ketones (excluding diaryl/α,β-unsaturated/α-hetero) is 1. The zero-order valence-electron chi connectivity index (χ0n) is 19.7. The smallest absolute Gasteiger partial charge is 0.416 e. The molecule has 2 N–H and O–H groups in total. The first-order valence-electron chi connectivity index (χ1n) is 11.0. The number of hydrogen-bond acceptors (Lipinski definition) is 5. The number of halogens is 7. The van der Waals surface area contributed by atoms with Gasteiger partial charge in [-0.1, -0.05) is 29.8 Å². The van der Waals surface area contributed by atoms with E-state index >= 15 is 0 Å². The summed E-state index contributed by atoms with van der Waals surface area (Å²) in [5, 5.41) is 4.29. The van der Waals surface area contributed by atoms with E-state index in [0.717, 1.165) is 18.2 Å². The maximum Gasteiger partial charge on any atom is 0.416 e. The summed E-state index contributed by atoms with van der Waals surface area (Å²) in [5.41, 5.74) is 3.09. The van der Waals surface area contributed by atoms with E-state index in [-0.39, 0.29) is 23.0 Å². The summed E-state index contributed by atoms with van der Waals surface area (Å²) in [5.74, 6) is -2.04. The van der Waals surface area contributed by atoms with Crippen molar-refractivity contribution in [2.45, 2.75) is 31.2 Å². The third kappa shape index (κ3) is 8.21. The van der Waals surface area contributed by atoms with Gasteiger partial charge in [-0.3, -0.25) is 4.79 Å². The Hall–Kier alpha value is -4.07. The second-order valence-electron chi connectivity index (χ2n) is 8.19. The summed E-state index contributed by atoms with van der Waals surface area (Å²) in [6.45, 7) is -1.28. The maximum absolute atomic E-state index is 13.2. The topological polar surface area (TPSA) is 109 Å². The number of benzene rings is 2. The van der Waals surface area contributed by atoms with Gasteiger partial charge in [0.25, 0.3) is 0 Å². The lowest BCUT2D eigenvalue weighted by Crippen LogP contribution is -2.28. The molecule has 0 saturated carbocycles. The number of aromatic nitrogens is 3. The van der Waals surface area contributed by atoms with Gasteiger partial charge in [0.05, 0.1) is 5.56 Å². The lowest BCUT2D eigenvalue weighted by atomic mass is 9.93. The molecule has 0 bridgehead atoms. The Kier molecular flexibility index (Phi) is 8.89. The van der Waals surface area contributed by atoms with Gasteiger partial charge in [-0.25, -0.2) is 18.8 Å². The van der Waals surface area contributed by atoms with Crippen molar-refractivity contribution in [3.05, 3.63) is 81.2 Å². The molecule has 0 aliphatic carbocycles. The number of nitrogens with two attached hydrogens (primary N) is 1. The fourth-order valence-corrected chi connectivity index (χ4v) is 3.67. The molecule has 1 unspecified atom stereocenters. The van der Waals surface area contributed by atoms with E-state index in [1.807, 2.05) is 0 Å². The number of allylic oxidation sites excluding steroid dienone is 1. The van der Waals surface area contributed by atoms with E-state index in [0.29, 0.717) is 20.5 Å². The van der Waals surface area contributed by atoms with Gasteiger partial charge in [-0.05, 0) is 35.9 Å². The highest BCUT2D eigenvalue weighted by molar-refractivity contribution is 6.30. The van der Waals surface area contributed by atoms with Crippen LogP contribution in [0.3, 0.4) is 0 Å². The highest BCUT2D eigenvalue weighted by Crippen LogP contribution is 2.32. The molecule has 3 rings (SSSR count). The van der Waals surface area contributed by atoms with Crippen LogP contribution in [0.2, 0.25) is 5.02 Å². The highest BCUT2D eigenvalue weighted by atomic mass is 35.5. The summed E-state index contributed by atoms with van der Waals surface area (Å²) in [4.78, 5) is 36.8. The van der Waals surface area contributed by atoms with E-state index in [4.69, 9.17) is 22.1 Å². The SMILES string of the molecule is NC(=O)OCC(CC(=O)Cn1nc(-c2ccc(Cl)cc2)n(/C=C/C(F)(F)F)c1=O)c1cccc(C(F)(F)F)c1. The average Bonchev–Trinajstić information content (AvgIpc) is 3.14. The van der Waals surface area contributed by atoms with Crippen LogP contribution < -0.4 is 11.4 Å². The third-order valence-corrected chi connectivity index (χ3v) is 5.55. The number of ketones is 1. The van der Waals surface area contributed by atoms with Crippen LogP contribution in [0.4, 0.5) is 31.1 Å². The molecule has 0 radical (unpaired) electrons. The third-order valence-electron chi connectivity index (χ3n) is 5.30. The zero-order valence-corrected chi connectivity index (χ0v) is 20.4. The molecule has 1 amide bonds. The van der Waals surface area contributed by atoms with Crippen molar-refractivity contribution >= 4 is 29.7 Å². The molecule has 0 saturated heterocycles. The number of amides is 1. The van der Waals surface area contributed by atoms with Crippen molar-refractivity contribution in [2.24, 2.45) is 5.73 Å². The molecule has 0 fully saturated rings. The van der Waals surface area contributed by atoms with E-state index in [1.54, 1.807) is 0 Å². The van der Waals surface area contributed by atoms with E-state index in [1.165, 1.54) is 30.3 Å². The monoisotopic (exact) mass is 576 g/mol. The molecule has 39 heavy (non-hydrogen) atoms. The lowest BCUT2D eigenvalue weighted by Gasteiger charge is -2.18. The van der Waals surface area contributed by atoms with Gasteiger partial charge < -0.3 is 10.5 Å². The molecule has 2 aromatic carbocycles. The van der Waals surface area contributed by atoms with Crippen LogP contribution in [0.25, 0.3) is 17.6 Å². The Morgan fingerprint density at radius 1 is 1.08 bits per heavy atom. The van der Waals surface area contributed by atoms with Gasteiger partial charge in [0.15, 0.2) is 11.6 Å². The maximum atomic E-state index is 13.2. The van der Waals surface area contributed by atoms with Crippen molar-refractivity contribution in [1.82, 2.24) is 14.3 Å². The molecule has 1 aromatic heterocycles. The van der Waals surface area contributed by atoms with Crippen LogP contribution in [-0.2, 0) is 22.3 Å². The van der Waals surface area contributed by atoms with Crippen LogP contribution >= 0.6 is 11.6 Å². The van der Waals surface area contributed by atoms with Crippen LogP contribution in [-0.4, -0.2) is 39.0 Å². The molecule has 0 aliphatic heterocycles. The number of carbonyl (C=O) groups excluding carboxylic acids is 2. The Balaban J connectivity index is 1.93. The number of alkyl halides is 6. The fourth-order valence-electron chi connectivity index (χ4n) is 3.54. The van der Waals surface area contributed by atoms with Crippen LogP contribution in [0.1, 0.15) is 23.5 Å². The van der Waals surface area contributed by atoms with Gasteiger partial charge >= 0.3 is 24.1 Å².